The first kappa shape index (κ1) is 17.4. The van der Waals surface area contributed by atoms with Crippen molar-refractivity contribution in [2.24, 2.45) is 0 Å². The number of halogens is 1. The van der Waals surface area contributed by atoms with Crippen LogP contribution in [0.1, 0.15) is 20.9 Å². The van der Waals surface area contributed by atoms with E-state index < -0.39 is 0 Å². The molecule has 1 amide bonds. The lowest BCUT2D eigenvalue weighted by Crippen LogP contribution is -2.11. The van der Waals surface area contributed by atoms with E-state index in [-0.39, 0.29) is 5.91 Å². The Kier molecular flexibility index (Phi) is 5.63. The SMILES string of the molecule is Cc1cccc(OCCc2nnc(NC(=O)c3ccc(Cl)cc3)s2)c1. The molecule has 0 aliphatic rings. The quantitative estimate of drug-likeness (QED) is 0.696. The van der Waals surface area contributed by atoms with E-state index in [9.17, 15) is 4.79 Å². The van der Waals surface area contributed by atoms with Crippen LogP contribution in [0.5, 0.6) is 5.75 Å². The van der Waals surface area contributed by atoms with Gasteiger partial charge in [-0.3, -0.25) is 10.1 Å². The summed E-state index contributed by atoms with van der Waals surface area (Å²) in [6.45, 7) is 2.52. The molecule has 0 saturated carbocycles. The van der Waals surface area contributed by atoms with Gasteiger partial charge in [0.15, 0.2) is 0 Å². The highest BCUT2D eigenvalue weighted by atomic mass is 35.5. The first-order chi connectivity index (χ1) is 12.1. The molecule has 25 heavy (non-hydrogen) atoms. The monoisotopic (exact) mass is 373 g/mol. The minimum atomic E-state index is -0.240. The van der Waals surface area contributed by atoms with E-state index in [1.54, 1.807) is 24.3 Å². The van der Waals surface area contributed by atoms with Crippen LogP contribution in [0.2, 0.25) is 5.02 Å². The Balaban J connectivity index is 1.52. The number of aryl methyl sites for hydroxylation is 1. The summed E-state index contributed by atoms with van der Waals surface area (Å²) in [6.07, 6.45) is 0.627. The van der Waals surface area contributed by atoms with E-state index in [4.69, 9.17) is 16.3 Å². The molecule has 128 valence electrons. The van der Waals surface area contributed by atoms with Crippen molar-refractivity contribution < 1.29 is 9.53 Å². The minimum Gasteiger partial charge on any atom is -0.493 e. The molecule has 0 aliphatic heterocycles. The third kappa shape index (κ3) is 5.01. The molecule has 0 unspecified atom stereocenters. The average molecular weight is 374 g/mol. The van der Waals surface area contributed by atoms with Gasteiger partial charge >= 0.3 is 0 Å². The van der Waals surface area contributed by atoms with Crippen LogP contribution >= 0.6 is 22.9 Å². The Labute approximate surface area is 154 Å². The summed E-state index contributed by atoms with van der Waals surface area (Å²) in [5.74, 6) is 0.594. The zero-order valence-electron chi connectivity index (χ0n) is 13.5. The fraction of sp³-hybridized carbons (Fsp3) is 0.167. The van der Waals surface area contributed by atoms with Gasteiger partial charge in [-0.15, -0.1) is 10.2 Å². The standard InChI is InChI=1S/C18H16ClN3O2S/c1-12-3-2-4-15(11-12)24-10-9-16-21-22-18(25-16)20-17(23)13-5-7-14(19)8-6-13/h2-8,11H,9-10H2,1H3,(H,20,22,23). The van der Waals surface area contributed by atoms with Gasteiger partial charge in [-0.1, -0.05) is 35.1 Å². The van der Waals surface area contributed by atoms with E-state index in [1.807, 2.05) is 31.2 Å². The molecule has 1 N–H and O–H groups in total. The molecule has 0 saturated heterocycles. The summed E-state index contributed by atoms with van der Waals surface area (Å²) in [5.41, 5.74) is 1.67. The van der Waals surface area contributed by atoms with Crippen molar-refractivity contribution in [2.45, 2.75) is 13.3 Å². The highest BCUT2D eigenvalue weighted by Crippen LogP contribution is 2.18. The largest absolute Gasteiger partial charge is 0.493 e. The highest BCUT2D eigenvalue weighted by Gasteiger charge is 2.10. The van der Waals surface area contributed by atoms with Gasteiger partial charge in [0.1, 0.15) is 10.8 Å². The second-order valence-electron chi connectivity index (χ2n) is 5.38. The Morgan fingerprint density at radius 1 is 1.20 bits per heavy atom. The van der Waals surface area contributed by atoms with Crippen LogP contribution in [-0.4, -0.2) is 22.7 Å². The smallest absolute Gasteiger partial charge is 0.257 e. The number of aromatic nitrogens is 2. The van der Waals surface area contributed by atoms with E-state index in [1.165, 1.54) is 11.3 Å². The maximum absolute atomic E-state index is 12.1. The second-order valence-corrected chi connectivity index (χ2v) is 6.88. The Morgan fingerprint density at radius 3 is 2.76 bits per heavy atom. The Bertz CT molecular complexity index is 865. The van der Waals surface area contributed by atoms with Crippen LogP contribution in [-0.2, 0) is 6.42 Å². The van der Waals surface area contributed by atoms with Gasteiger partial charge in [0, 0.05) is 17.0 Å². The molecular formula is C18H16ClN3O2S. The molecule has 2 aromatic carbocycles. The summed E-state index contributed by atoms with van der Waals surface area (Å²) < 4.78 is 5.70. The fourth-order valence-corrected chi connectivity index (χ4v) is 2.98. The number of nitrogens with one attached hydrogen (secondary N) is 1. The first-order valence-corrected chi connectivity index (χ1v) is 8.88. The molecule has 3 aromatic rings. The third-order valence-corrected chi connectivity index (χ3v) is 4.52. The van der Waals surface area contributed by atoms with Gasteiger partial charge in [0.05, 0.1) is 6.61 Å². The molecular weight excluding hydrogens is 358 g/mol. The lowest BCUT2D eigenvalue weighted by Gasteiger charge is -2.04. The molecule has 1 aromatic heterocycles. The number of hydrogen-bond donors (Lipinski definition) is 1. The van der Waals surface area contributed by atoms with Gasteiger partial charge in [-0.2, -0.15) is 0 Å². The lowest BCUT2D eigenvalue weighted by atomic mass is 10.2. The molecule has 0 fully saturated rings. The van der Waals surface area contributed by atoms with Crippen LogP contribution in [0, 0.1) is 6.92 Å². The molecule has 0 bridgehead atoms. The number of rotatable bonds is 6. The average Bonchev–Trinajstić information content (AvgIpc) is 3.03. The van der Waals surface area contributed by atoms with Crippen LogP contribution in [0.15, 0.2) is 48.5 Å². The maximum atomic E-state index is 12.1. The highest BCUT2D eigenvalue weighted by molar-refractivity contribution is 7.15. The summed E-state index contributed by atoms with van der Waals surface area (Å²) in [6, 6.07) is 14.6. The Hall–Kier alpha value is -2.44. The van der Waals surface area contributed by atoms with Crippen molar-refractivity contribution >= 4 is 34.0 Å². The fourth-order valence-electron chi connectivity index (χ4n) is 2.14. The number of amides is 1. The van der Waals surface area contributed by atoms with Crippen molar-refractivity contribution in [1.82, 2.24) is 10.2 Å². The maximum Gasteiger partial charge on any atom is 0.257 e. The topological polar surface area (TPSA) is 64.1 Å². The predicted molar refractivity (Wildman–Crippen MR) is 99.7 cm³/mol. The molecule has 0 radical (unpaired) electrons. The van der Waals surface area contributed by atoms with Crippen LogP contribution in [0.4, 0.5) is 5.13 Å². The number of benzene rings is 2. The third-order valence-electron chi connectivity index (χ3n) is 3.37. The Morgan fingerprint density at radius 2 is 2.00 bits per heavy atom. The van der Waals surface area contributed by atoms with Gasteiger partial charge < -0.3 is 4.74 Å². The van der Waals surface area contributed by atoms with E-state index in [2.05, 4.69) is 15.5 Å². The van der Waals surface area contributed by atoms with E-state index >= 15 is 0 Å². The molecule has 1 heterocycles. The number of hydrogen-bond acceptors (Lipinski definition) is 5. The predicted octanol–water partition coefficient (Wildman–Crippen LogP) is 4.37. The molecule has 0 spiro atoms. The van der Waals surface area contributed by atoms with Crippen molar-refractivity contribution in [3.63, 3.8) is 0 Å². The van der Waals surface area contributed by atoms with E-state index in [0.717, 1.165) is 16.3 Å². The molecule has 7 heteroatoms. The normalized spacial score (nSPS) is 10.5. The number of anilines is 1. The summed E-state index contributed by atoms with van der Waals surface area (Å²) in [5, 5.41) is 12.7. The zero-order chi connectivity index (χ0) is 17.6. The molecule has 0 atom stereocenters. The number of nitrogens with zero attached hydrogens (tertiary/aromatic N) is 2. The van der Waals surface area contributed by atoms with Crippen LogP contribution in [0.25, 0.3) is 0 Å². The van der Waals surface area contributed by atoms with E-state index in [0.29, 0.717) is 28.7 Å². The van der Waals surface area contributed by atoms with Gasteiger partial charge in [-0.05, 0) is 48.9 Å². The van der Waals surface area contributed by atoms with Crippen molar-refractivity contribution in [3.05, 3.63) is 69.7 Å². The summed E-state index contributed by atoms with van der Waals surface area (Å²) in [7, 11) is 0. The van der Waals surface area contributed by atoms with Crippen LogP contribution in [0.3, 0.4) is 0 Å². The van der Waals surface area contributed by atoms with Gasteiger partial charge in [-0.25, -0.2) is 0 Å². The first-order valence-electron chi connectivity index (χ1n) is 7.69. The number of carbonyl (C=O) groups excluding carboxylic acids is 1. The van der Waals surface area contributed by atoms with Gasteiger partial charge in [0.2, 0.25) is 5.13 Å². The minimum absolute atomic E-state index is 0.240. The van der Waals surface area contributed by atoms with Crippen LogP contribution < -0.4 is 10.1 Å². The summed E-state index contributed by atoms with van der Waals surface area (Å²) >= 11 is 7.15. The van der Waals surface area contributed by atoms with Crippen molar-refractivity contribution in [3.8, 4) is 5.75 Å². The van der Waals surface area contributed by atoms with Gasteiger partial charge in [0.25, 0.3) is 5.91 Å². The summed E-state index contributed by atoms with van der Waals surface area (Å²) in [4.78, 5) is 12.1. The number of ether oxygens (including phenoxy) is 1. The molecule has 3 rings (SSSR count). The molecule has 5 nitrogen and oxygen atoms in total. The zero-order valence-corrected chi connectivity index (χ0v) is 15.1. The molecule has 0 aliphatic carbocycles. The lowest BCUT2D eigenvalue weighted by molar-refractivity contribution is 0.102. The number of carbonyl (C=O) groups is 1. The second kappa shape index (κ2) is 8.09. The van der Waals surface area contributed by atoms with Crippen molar-refractivity contribution in [1.29, 1.82) is 0 Å². The van der Waals surface area contributed by atoms with Crippen molar-refractivity contribution in [2.75, 3.05) is 11.9 Å².